The van der Waals surface area contributed by atoms with Crippen molar-refractivity contribution >= 4 is 29.3 Å². The summed E-state index contributed by atoms with van der Waals surface area (Å²) in [4.78, 5) is 42.1. The average Bonchev–Trinajstić information content (AvgIpc) is 3.04. The number of aliphatic hydroxyl groups is 1. The van der Waals surface area contributed by atoms with E-state index in [0.717, 1.165) is 37.8 Å². The van der Waals surface area contributed by atoms with Gasteiger partial charge in [0.05, 0.1) is 31.2 Å². The van der Waals surface area contributed by atoms with Crippen molar-refractivity contribution < 1.29 is 37.4 Å². The molecule has 246 valence electrons. The highest BCUT2D eigenvalue weighted by atomic mass is 19.4. The van der Waals surface area contributed by atoms with Gasteiger partial charge in [0.15, 0.2) is 0 Å². The SMILES string of the molecule is C[C@@H]1CN([C@@H](C)CO)C(=O)Cc2cc(NC(=O)NC3CCCCC3)ccc2O[C@@H]1CN(C)C(=O)Nc1ccc(C(F)(F)F)cc1. The summed E-state index contributed by atoms with van der Waals surface area (Å²) < 4.78 is 45.2. The number of carbonyl (C=O) groups is 3. The normalized spacial score (nSPS) is 20.1. The van der Waals surface area contributed by atoms with E-state index in [0.29, 0.717) is 17.0 Å². The zero-order chi connectivity index (χ0) is 32.7. The predicted molar refractivity (Wildman–Crippen MR) is 164 cm³/mol. The van der Waals surface area contributed by atoms with Gasteiger partial charge in [0.2, 0.25) is 5.91 Å². The van der Waals surface area contributed by atoms with Crippen LogP contribution >= 0.6 is 0 Å². The first kappa shape index (κ1) is 33.9. The maximum absolute atomic E-state index is 13.5. The Kier molecular flexibility index (Phi) is 11.2. The molecule has 45 heavy (non-hydrogen) atoms. The fourth-order valence-electron chi connectivity index (χ4n) is 5.64. The zero-order valence-electron chi connectivity index (χ0n) is 25.8. The van der Waals surface area contributed by atoms with Gasteiger partial charge in [-0.2, -0.15) is 13.2 Å². The third-order valence-corrected chi connectivity index (χ3v) is 8.38. The second kappa shape index (κ2) is 14.9. The lowest BCUT2D eigenvalue weighted by atomic mass is 9.96. The first-order valence-corrected chi connectivity index (χ1v) is 15.3. The molecule has 2 aliphatic rings. The van der Waals surface area contributed by atoms with Crippen molar-refractivity contribution in [3.63, 3.8) is 0 Å². The summed E-state index contributed by atoms with van der Waals surface area (Å²) in [6.45, 7) is 3.73. The number of carbonyl (C=O) groups excluding carboxylic acids is 3. The van der Waals surface area contributed by atoms with Crippen molar-refractivity contribution in [3.05, 3.63) is 53.6 Å². The monoisotopic (exact) mass is 633 g/mol. The van der Waals surface area contributed by atoms with Gasteiger partial charge < -0.3 is 35.6 Å². The second-order valence-corrected chi connectivity index (χ2v) is 12.0. The summed E-state index contributed by atoms with van der Waals surface area (Å²) in [5.74, 6) is -0.0751. The fourth-order valence-corrected chi connectivity index (χ4v) is 5.64. The van der Waals surface area contributed by atoms with Gasteiger partial charge in [-0.1, -0.05) is 26.2 Å². The van der Waals surface area contributed by atoms with Crippen molar-refractivity contribution in [2.24, 2.45) is 5.92 Å². The summed E-state index contributed by atoms with van der Waals surface area (Å²) in [7, 11) is 1.54. The minimum Gasteiger partial charge on any atom is -0.488 e. The van der Waals surface area contributed by atoms with Crippen molar-refractivity contribution in [1.29, 1.82) is 0 Å². The van der Waals surface area contributed by atoms with Gasteiger partial charge in [0.25, 0.3) is 0 Å². The average molecular weight is 634 g/mol. The Morgan fingerprint density at radius 3 is 2.38 bits per heavy atom. The van der Waals surface area contributed by atoms with Crippen molar-refractivity contribution in [2.45, 2.75) is 76.7 Å². The van der Waals surface area contributed by atoms with Gasteiger partial charge in [-0.05, 0) is 62.2 Å². The number of ether oxygens (including phenoxy) is 1. The molecule has 4 N–H and O–H groups in total. The number of rotatable bonds is 7. The smallest absolute Gasteiger partial charge is 0.416 e. The van der Waals surface area contributed by atoms with E-state index in [4.69, 9.17) is 4.74 Å². The molecule has 4 rings (SSSR count). The molecule has 0 spiro atoms. The minimum absolute atomic E-state index is 0.0247. The lowest BCUT2D eigenvalue weighted by molar-refractivity contribution is -0.137. The zero-order valence-corrected chi connectivity index (χ0v) is 25.8. The fraction of sp³-hybridized carbons (Fsp3) is 0.531. The van der Waals surface area contributed by atoms with E-state index in [1.165, 1.54) is 23.5 Å². The topological polar surface area (TPSA) is 123 Å². The summed E-state index contributed by atoms with van der Waals surface area (Å²) >= 11 is 0. The van der Waals surface area contributed by atoms with Gasteiger partial charge in [0.1, 0.15) is 11.9 Å². The largest absolute Gasteiger partial charge is 0.488 e. The molecule has 0 bridgehead atoms. The third-order valence-electron chi connectivity index (χ3n) is 8.38. The van der Waals surface area contributed by atoms with Crippen LogP contribution in [0.4, 0.5) is 34.1 Å². The van der Waals surface area contributed by atoms with Crippen LogP contribution in [0.3, 0.4) is 0 Å². The number of fused-ring (bicyclic) bond motifs is 1. The molecule has 5 amide bonds. The Balaban J connectivity index is 1.51. The number of hydrogen-bond donors (Lipinski definition) is 4. The molecule has 1 aliphatic heterocycles. The third kappa shape index (κ3) is 9.25. The number of hydrogen-bond acceptors (Lipinski definition) is 5. The Morgan fingerprint density at radius 2 is 1.73 bits per heavy atom. The molecular weight excluding hydrogens is 591 g/mol. The molecule has 1 saturated carbocycles. The maximum Gasteiger partial charge on any atom is 0.416 e. The quantitative estimate of drug-likeness (QED) is 0.322. The Morgan fingerprint density at radius 1 is 1.07 bits per heavy atom. The van der Waals surface area contributed by atoms with Gasteiger partial charge in [0, 0.05) is 42.5 Å². The van der Waals surface area contributed by atoms with E-state index >= 15 is 0 Å². The molecule has 2 aromatic rings. The van der Waals surface area contributed by atoms with E-state index in [9.17, 15) is 32.7 Å². The highest BCUT2D eigenvalue weighted by molar-refractivity contribution is 5.90. The van der Waals surface area contributed by atoms with E-state index in [2.05, 4.69) is 16.0 Å². The van der Waals surface area contributed by atoms with Crippen molar-refractivity contribution in [3.8, 4) is 5.75 Å². The van der Waals surface area contributed by atoms with E-state index < -0.39 is 29.9 Å². The number of aliphatic hydroxyl groups excluding tert-OH is 1. The highest BCUT2D eigenvalue weighted by Gasteiger charge is 2.33. The van der Waals surface area contributed by atoms with Crippen LogP contribution in [0, 0.1) is 5.92 Å². The maximum atomic E-state index is 13.5. The standard InChI is InChI=1S/C32H42F3N5O5/c1-20-17-40(21(2)19-41)29(42)16-22-15-26(37-30(43)36-24-7-5-4-6-8-24)13-14-27(22)45-28(20)18-39(3)31(44)38-25-11-9-23(10-12-25)32(33,34)35/h9-15,20-21,24,28,41H,4-8,16-19H2,1-3H3,(H,38,44)(H2,36,37,43)/t20-,21+,28-/m1/s1. The van der Waals surface area contributed by atoms with E-state index in [-0.39, 0.29) is 55.7 Å². The first-order chi connectivity index (χ1) is 21.3. The van der Waals surface area contributed by atoms with E-state index in [1.807, 2.05) is 6.92 Å². The van der Waals surface area contributed by atoms with Gasteiger partial charge in [-0.3, -0.25) is 4.79 Å². The van der Waals surface area contributed by atoms with Crippen LogP contribution in [0.1, 0.15) is 57.1 Å². The van der Waals surface area contributed by atoms with Gasteiger partial charge in [-0.25, -0.2) is 9.59 Å². The summed E-state index contributed by atoms with van der Waals surface area (Å²) in [5.41, 5.74) is 0.424. The number of benzene rings is 2. The first-order valence-electron chi connectivity index (χ1n) is 15.3. The molecule has 10 nitrogen and oxygen atoms in total. The molecule has 1 fully saturated rings. The molecule has 3 atom stereocenters. The highest BCUT2D eigenvalue weighted by Crippen LogP contribution is 2.31. The number of nitrogens with zero attached hydrogens (tertiary/aromatic N) is 2. The van der Waals surface area contributed by atoms with Crippen LogP contribution in [-0.4, -0.2) is 77.8 Å². The molecule has 0 aromatic heterocycles. The number of anilines is 2. The molecule has 0 saturated heterocycles. The molecule has 1 heterocycles. The van der Waals surface area contributed by atoms with Crippen LogP contribution in [0.25, 0.3) is 0 Å². The molecule has 13 heteroatoms. The molecule has 1 aliphatic carbocycles. The summed E-state index contributed by atoms with van der Waals surface area (Å²) in [6.07, 6.45) is 0.104. The number of likely N-dealkylation sites (N-methyl/N-ethyl adjacent to an activating group) is 1. The lowest BCUT2D eigenvalue weighted by Gasteiger charge is -2.34. The van der Waals surface area contributed by atoms with Gasteiger partial charge in [-0.15, -0.1) is 0 Å². The minimum atomic E-state index is -4.49. The van der Waals surface area contributed by atoms with Crippen LogP contribution in [-0.2, 0) is 17.4 Å². The Labute approximate surface area is 261 Å². The predicted octanol–water partition coefficient (Wildman–Crippen LogP) is 5.47. The van der Waals surface area contributed by atoms with Gasteiger partial charge >= 0.3 is 18.2 Å². The Bertz CT molecular complexity index is 1330. The lowest BCUT2D eigenvalue weighted by Crippen LogP contribution is -2.48. The number of urea groups is 2. The van der Waals surface area contributed by atoms with Crippen LogP contribution in [0.5, 0.6) is 5.75 Å². The molecule has 2 aromatic carbocycles. The van der Waals surface area contributed by atoms with Crippen LogP contribution < -0.4 is 20.7 Å². The molecule has 0 unspecified atom stereocenters. The summed E-state index contributed by atoms with van der Waals surface area (Å²) in [6, 6.07) is 8.03. The number of amides is 5. The van der Waals surface area contributed by atoms with Crippen LogP contribution in [0.15, 0.2) is 42.5 Å². The summed E-state index contributed by atoms with van der Waals surface area (Å²) in [5, 5.41) is 18.4. The number of halogens is 3. The second-order valence-electron chi connectivity index (χ2n) is 12.0. The molecular formula is C32H42F3N5O5. The van der Waals surface area contributed by atoms with Crippen molar-refractivity contribution in [2.75, 3.05) is 37.4 Å². The number of nitrogens with one attached hydrogen (secondary N) is 3. The molecule has 0 radical (unpaired) electrons. The Hall–Kier alpha value is -4.00. The van der Waals surface area contributed by atoms with Crippen molar-refractivity contribution in [1.82, 2.24) is 15.1 Å². The number of alkyl halides is 3. The van der Waals surface area contributed by atoms with E-state index in [1.54, 1.807) is 37.1 Å². The van der Waals surface area contributed by atoms with Crippen LogP contribution in [0.2, 0.25) is 0 Å².